The summed E-state index contributed by atoms with van der Waals surface area (Å²) in [5.74, 6) is 0.902. The van der Waals surface area contributed by atoms with E-state index in [-0.39, 0.29) is 6.61 Å². The van der Waals surface area contributed by atoms with E-state index in [0.29, 0.717) is 0 Å². The maximum Gasteiger partial charge on any atom is 0.119 e. The van der Waals surface area contributed by atoms with Crippen LogP contribution < -0.4 is 4.74 Å². The second-order valence-electron chi connectivity index (χ2n) is 4.64. The van der Waals surface area contributed by atoms with Crippen molar-refractivity contribution in [1.29, 1.82) is 0 Å². The van der Waals surface area contributed by atoms with Crippen molar-refractivity contribution in [3.05, 3.63) is 29.3 Å². The highest BCUT2D eigenvalue weighted by molar-refractivity contribution is 5.34. The smallest absolute Gasteiger partial charge is 0.119 e. The van der Waals surface area contributed by atoms with E-state index < -0.39 is 0 Å². The molecule has 1 aliphatic heterocycles. The van der Waals surface area contributed by atoms with Crippen molar-refractivity contribution >= 4 is 0 Å². The molecule has 1 aromatic rings. The van der Waals surface area contributed by atoms with Crippen molar-refractivity contribution in [3.8, 4) is 5.75 Å². The highest BCUT2D eigenvalue weighted by Gasteiger charge is 2.10. The van der Waals surface area contributed by atoms with Gasteiger partial charge in [0, 0.05) is 6.54 Å². The van der Waals surface area contributed by atoms with Crippen molar-refractivity contribution in [2.24, 2.45) is 0 Å². The summed E-state index contributed by atoms with van der Waals surface area (Å²) >= 11 is 0. The summed E-state index contributed by atoms with van der Waals surface area (Å²) in [5.41, 5.74) is 2.06. The number of aliphatic hydroxyl groups is 1. The quantitative estimate of drug-likeness (QED) is 0.847. The van der Waals surface area contributed by atoms with Crippen molar-refractivity contribution in [2.75, 3.05) is 26.2 Å². The predicted molar refractivity (Wildman–Crippen MR) is 68.3 cm³/mol. The molecule has 1 heterocycles. The van der Waals surface area contributed by atoms with Gasteiger partial charge in [-0.2, -0.15) is 0 Å². The fraction of sp³-hybridized carbons (Fsp3) is 0.571. The Balaban J connectivity index is 1.80. The maximum absolute atomic E-state index is 9.08. The van der Waals surface area contributed by atoms with Crippen molar-refractivity contribution in [2.45, 2.75) is 26.4 Å². The molecule has 0 amide bonds. The average molecular weight is 235 g/mol. The lowest BCUT2D eigenvalue weighted by molar-refractivity contribution is 0.237. The molecule has 3 heteroatoms. The molecule has 0 aliphatic carbocycles. The largest absolute Gasteiger partial charge is 0.492 e. The Kier molecular flexibility index (Phi) is 4.40. The molecular formula is C14H21NO2. The lowest BCUT2D eigenvalue weighted by Gasteiger charge is -2.15. The van der Waals surface area contributed by atoms with E-state index in [1.807, 2.05) is 25.1 Å². The summed E-state index contributed by atoms with van der Waals surface area (Å²) in [5, 5.41) is 9.08. The Bertz CT molecular complexity index is 359. The molecule has 0 spiro atoms. The molecule has 1 aliphatic rings. The van der Waals surface area contributed by atoms with E-state index in [0.717, 1.165) is 30.0 Å². The number of rotatable bonds is 5. The minimum absolute atomic E-state index is 0.0971. The zero-order chi connectivity index (χ0) is 12.1. The van der Waals surface area contributed by atoms with Gasteiger partial charge in [-0.3, -0.25) is 4.90 Å². The van der Waals surface area contributed by atoms with Gasteiger partial charge in [-0.1, -0.05) is 6.07 Å². The lowest BCUT2D eigenvalue weighted by atomic mass is 10.1. The molecular weight excluding hydrogens is 214 g/mol. The molecule has 0 bridgehead atoms. The van der Waals surface area contributed by atoms with Gasteiger partial charge in [-0.15, -0.1) is 0 Å². The Morgan fingerprint density at radius 2 is 2.06 bits per heavy atom. The van der Waals surface area contributed by atoms with E-state index in [9.17, 15) is 0 Å². The third-order valence-corrected chi connectivity index (χ3v) is 3.36. The van der Waals surface area contributed by atoms with Crippen molar-refractivity contribution in [1.82, 2.24) is 4.90 Å². The van der Waals surface area contributed by atoms with Crippen LogP contribution in [0.5, 0.6) is 5.75 Å². The molecule has 1 N–H and O–H groups in total. The minimum Gasteiger partial charge on any atom is -0.492 e. The number of likely N-dealkylation sites (tertiary alicyclic amines) is 1. The van der Waals surface area contributed by atoms with Gasteiger partial charge in [0.05, 0.1) is 6.61 Å². The Hall–Kier alpha value is -1.06. The van der Waals surface area contributed by atoms with Crippen LogP contribution in [0.15, 0.2) is 18.2 Å². The summed E-state index contributed by atoms with van der Waals surface area (Å²) in [6.07, 6.45) is 2.65. The number of aryl methyl sites for hydroxylation is 1. The van der Waals surface area contributed by atoms with E-state index in [4.69, 9.17) is 9.84 Å². The molecule has 3 nitrogen and oxygen atoms in total. The summed E-state index contributed by atoms with van der Waals surface area (Å²) in [7, 11) is 0. The summed E-state index contributed by atoms with van der Waals surface area (Å²) in [6, 6.07) is 5.86. The summed E-state index contributed by atoms with van der Waals surface area (Å²) in [4.78, 5) is 2.44. The van der Waals surface area contributed by atoms with E-state index in [1.165, 1.54) is 25.9 Å². The van der Waals surface area contributed by atoms with Crippen LogP contribution in [-0.4, -0.2) is 36.2 Å². The van der Waals surface area contributed by atoms with E-state index in [1.54, 1.807) is 0 Å². The zero-order valence-corrected chi connectivity index (χ0v) is 10.5. The second-order valence-corrected chi connectivity index (χ2v) is 4.64. The Morgan fingerprint density at radius 3 is 2.71 bits per heavy atom. The number of nitrogens with zero attached hydrogens (tertiary/aromatic N) is 1. The third-order valence-electron chi connectivity index (χ3n) is 3.36. The zero-order valence-electron chi connectivity index (χ0n) is 10.5. The predicted octanol–water partition coefficient (Wildman–Crippen LogP) is 1.96. The van der Waals surface area contributed by atoms with E-state index >= 15 is 0 Å². The number of hydrogen-bond acceptors (Lipinski definition) is 3. The van der Waals surface area contributed by atoms with Gasteiger partial charge in [-0.25, -0.2) is 0 Å². The van der Waals surface area contributed by atoms with Crippen LogP contribution in [0.1, 0.15) is 24.0 Å². The number of benzene rings is 1. The molecule has 0 atom stereocenters. The SMILES string of the molecule is Cc1cc(OCCN2CCCC2)ccc1CO. The number of hydrogen-bond donors (Lipinski definition) is 1. The fourth-order valence-corrected chi connectivity index (χ4v) is 2.23. The molecule has 0 unspecified atom stereocenters. The van der Waals surface area contributed by atoms with Gasteiger partial charge in [0.15, 0.2) is 0 Å². The van der Waals surface area contributed by atoms with Gasteiger partial charge in [-0.05, 0) is 56.1 Å². The first kappa shape index (κ1) is 12.4. The van der Waals surface area contributed by atoms with Crippen LogP contribution in [-0.2, 0) is 6.61 Å². The van der Waals surface area contributed by atoms with Crippen molar-refractivity contribution in [3.63, 3.8) is 0 Å². The highest BCUT2D eigenvalue weighted by Crippen LogP contribution is 2.17. The third kappa shape index (κ3) is 3.45. The lowest BCUT2D eigenvalue weighted by Crippen LogP contribution is -2.25. The van der Waals surface area contributed by atoms with Gasteiger partial charge >= 0.3 is 0 Å². The van der Waals surface area contributed by atoms with Gasteiger partial charge in [0.2, 0.25) is 0 Å². The van der Waals surface area contributed by atoms with Crippen LogP contribution in [0.4, 0.5) is 0 Å². The fourth-order valence-electron chi connectivity index (χ4n) is 2.23. The maximum atomic E-state index is 9.08. The minimum atomic E-state index is 0.0971. The van der Waals surface area contributed by atoms with Crippen LogP contribution in [0.3, 0.4) is 0 Å². The second kappa shape index (κ2) is 6.03. The van der Waals surface area contributed by atoms with Crippen LogP contribution in [0.25, 0.3) is 0 Å². The molecule has 0 radical (unpaired) electrons. The topological polar surface area (TPSA) is 32.7 Å². The van der Waals surface area contributed by atoms with Gasteiger partial charge < -0.3 is 9.84 Å². The first-order valence-electron chi connectivity index (χ1n) is 6.35. The molecule has 94 valence electrons. The Labute approximate surface area is 103 Å². The first-order chi connectivity index (χ1) is 8.29. The van der Waals surface area contributed by atoms with Crippen LogP contribution >= 0.6 is 0 Å². The van der Waals surface area contributed by atoms with E-state index in [2.05, 4.69) is 4.90 Å². The Morgan fingerprint density at radius 1 is 1.29 bits per heavy atom. The summed E-state index contributed by atoms with van der Waals surface area (Å²) < 4.78 is 5.72. The molecule has 1 fully saturated rings. The number of aliphatic hydroxyl groups excluding tert-OH is 1. The molecule has 1 saturated heterocycles. The average Bonchev–Trinajstić information content (AvgIpc) is 2.82. The summed E-state index contributed by atoms with van der Waals surface area (Å²) in [6.45, 7) is 6.29. The molecule has 17 heavy (non-hydrogen) atoms. The van der Waals surface area contributed by atoms with Crippen molar-refractivity contribution < 1.29 is 9.84 Å². The number of ether oxygens (including phenoxy) is 1. The van der Waals surface area contributed by atoms with Gasteiger partial charge in [0.25, 0.3) is 0 Å². The molecule has 2 rings (SSSR count). The molecule has 0 saturated carbocycles. The standard InChI is InChI=1S/C14H21NO2/c1-12-10-14(5-4-13(12)11-16)17-9-8-15-6-2-3-7-15/h4-5,10,16H,2-3,6-9,11H2,1H3. The van der Waals surface area contributed by atoms with Gasteiger partial charge in [0.1, 0.15) is 12.4 Å². The normalized spacial score (nSPS) is 16.4. The highest BCUT2D eigenvalue weighted by atomic mass is 16.5. The molecule has 0 aromatic heterocycles. The molecule has 1 aromatic carbocycles. The monoisotopic (exact) mass is 235 g/mol. The first-order valence-corrected chi connectivity index (χ1v) is 6.35. The van der Waals surface area contributed by atoms with Crippen LogP contribution in [0.2, 0.25) is 0 Å². The van der Waals surface area contributed by atoms with Crippen LogP contribution in [0, 0.1) is 6.92 Å².